The van der Waals surface area contributed by atoms with Crippen LogP contribution in [-0.2, 0) is 34.1 Å². The van der Waals surface area contributed by atoms with E-state index in [1.165, 1.54) is 52.3 Å². The van der Waals surface area contributed by atoms with Gasteiger partial charge in [0.1, 0.15) is 18.6 Å². The smallest absolute Gasteiger partial charge is 0.407 e. The Morgan fingerprint density at radius 2 is 1.48 bits per heavy atom. The maximum absolute atomic E-state index is 13.5. The second-order valence-corrected chi connectivity index (χ2v) is 17.9. The predicted molar refractivity (Wildman–Crippen MR) is 230 cm³/mol. The third-order valence-corrected chi connectivity index (χ3v) is 12.1. The molecule has 2 fully saturated rings. The van der Waals surface area contributed by atoms with Crippen molar-refractivity contribution in [3.63, 3.8) is 0 Å². The number of likely N-dealkylation sites (tertiary alicyclic amines) is 1. The number of thiazole rings is 2. The number of carbonyl (C=O) groups excluding carboxylic acids is 6. The number of nitrogens with one attached hydrogen (secondary N) is 4. The summed E-state index contributed by atoms with van der Waals surface area (Å²) in [6.45, 7) is 12.3. The molecule has 0 aliphatic carbocycles. The quantitative estimate of drug-likeness (QED) is 0.143. The molecule has 4 N–H and O–H groups in total. The molecule has 60 heavy (non-hydrogen) atoms. The molecule has 4 heterocycles. The highest BCUT2D eigenvalue weighted by Gasteiger charge is 2.39. The fourth-order valence-electron chi connectivity index (χ4n) is 7.49. The molecule has 2 unspecified atom stereocenters. The van der Waals surface area contributed by atoms with E-state index in [-0.39, 0.29) is 54.2 Å². The fraction of sp³-hybridized carbons (Fsp3) is 0.561. The molecular formula is C41H57N9O8S2. The monoisotopic (exact) mass is 867 g/mol. The van der Waals surface area contributed by atoms with Gasteiger partial charge in [-0.3, -0.25) is 19.2 Å². The Morgan fingerprint density at radius 3 is 2.03 bits per heavy atom. The first kappa shape index (κ1) is 45.8. The summed E-state index contributed by atoms with van der Waals surface area (Å²) < 4.78 is 9.27. The number of hydrogen-bond acceptors (Lipinski definition) is 13. The van der Waals surface area contributed by atoms with Crippen molar-refractivity contribution in [2.24, 2.45) is 5.92 Å². The zero-order chi connectivity index (χ0) is 43.7. The second-order valence-electron chi connectivity index (χ2n) is 16.2. The van der Waals surface area contributed by atoms with E-state index in [0.717, 1.165) is 29.9 Å². The highest BCUT2D eigenvalue weighted by Crippen LogP contribution is 2.48. The summed E-state index contributed by atoms with van der Waals surface area (Å²) in [7, 11) is 2.45. The number of methoxy groups -OCH3 is 2. The third kappa shape index (κ3) is 11.3. The maximum atomic E-state index is 13.5. The fourth-order valence-corrected chi connectivity index (χ4v) is 9.02. The van der Waals surface area contributed by atoms with Crippen LogP contribution in [0.4, 0.5) is 25.5 Å². The first-order valence-corrected chi connectivity index (χ1v) is 21.9. The van der Waals surface area contributed by atoms with Gasteiger partial charge in [0, 0.05) is 29.5 Å². The maximum Gasteiger partial charge on any atom is 0.407 e. The van der Waals surface area contributed by atoms with E-state index in [1.807, 2.05) is 31.5 Å². The van der Waals surface area contributed by atoms with Crippen LogP contribution in [0.2, 0.25) is 0 Å². The van der Waals surface area contributed by atoms with Gasteiger partial charge in [-0.05, 0) is 61.1 Å². The molecule has 0 saturated carbocycles. The molecule has 17 nitrogen and oxygen atoms in total. The number of ether oxygens (including phenoxy) is 2. The third-order valence-electron chi connectivity index (χ3n) is 10.6. The number of carbonyl (C=O) groups is 6. The lowest BCUT2D eigenvalue weighted by atomic mass is 9.87. The van der Waals surface area contributed by atoms with Crippen LogP contribution in [-0.4, -0.2) is 108 Å². The average molecular weight is 868 g/mol. The normalized spacial score (nSPS) is 18.2. The minimum absolute atomic E-state index is 0.0470. The van der Waals surface area contributed by atoms with Crippen molar-refractivity contribution in [3.05, 3.63) is 52.0 Å². The Labute approximate surface area is 359 Å². The van der Waals surface area contributed by atoms with Crippen LogP contribution in [0.15, 0.2) is 35.0 Å². The Hall–Kier alpha value is -5.30. The Balaban J connectivity index is 1.32. The largest absolute Gasteiger partial charge is 0.453 e. The van der Waals surface area contributed by atoms with E-state index in [0.29, 0.717) is 42.6 Å². The number of rotatable bonds is 15. The van der Waals surface area contributed by atoms with Gasteiger partial charge in [-0.2, -0.15) is 0 Å². The van der Waals surface area contributed by atoms with Crippen molar-refractivity contribution >= 4 is 74.4 Å². The Bertz CT molecular complexity index is 2000. The van der Waals surface area contributed by atoms with Gasteiger partial charge in [0.05, 0.1) is 44.2 Å². The molecule has 19 heteroatoms. The number of hydrogen-bond donors (Lipinski definition) is 4. The average Bonchev–Trinajstić information content (AvgIpc) is 4.05. The van der Waals surface area contributed by atoms with Crippen molar-refractivity contribution < 1.29 is 38.2 Å². The van der Waals surface area contributed by atoms with Crippen LogP contribution in [0.25, 0.3) is 0 Å². The van der Waals surface area contributed by atoms with Crippen molar-refractivity contribution in [2.75, 3.05) is 55.9 Å². The minimum Gasteiger partial charge on any atom is -0.453 e. The highest BCUT2D eigenvalue weighted by molar-refractivity contribution is 7.14. The van der Waals surface area contributed by atoms with E-state index in [1.54, 1.807) is 0 Å². The van der Waals surface area contributed by atoms with Crippen LogP contribution in [0, 0.1) is 5.92 Å². The molecular weight excluding hydrogens is 811 g/mol. The summed E-state index contributed by atoms with van der Waals surface area (Å²) in [6, 6.07) is 6.60. The molecule has 5 rings (SSSR count). The molecule has 2 aromatic heterocycles. The summed E-state index contributed by atoms with van der Waals surface area (Å²) in [4.78, 5) is 91.6. The van der Waals surface area contributed by atoms with E-state index in [2.05, 4.69) is 75.9 Å². The van der Waals surface area contributed by atoms with E-state index in [4.69, 9.17) is 14.7 Å². The van der Waals surface area contributed by atoms with Crippen molar-refractivity contribution in [1.29, 1.82) is 0 Å². The molecule has 0 radical (unpaired) electrons. The number of nitrogens with zero attached hydrogens (tertiary/aromatic N) is 5. The molecule has 4 atom stereocenters. The molecule has 3 aromatic rings. The van der Waals surface area contributed by atoms with Gasteiger partial charge in [0.15, 0.2) is 10.3 Å². The summed E-state index contributed by atoms with van der Waals surface area (Å²) in [5, 5.41) is 15.5. The van der Waals surface area contributed by atoms with Crippen molar-refractivity contribution in [2.45, 2.75) is 103 Å². The second kappa shape index (κ2) is 20.3. The molecule has 2 saturated heterocycles. The van der Waals surface area contributed by atoms with Gasteiger partial charge in [0.2, 0.25) is 23.6 Å². The van der Waals surface area contributed by atoms with Gasteiger partial charge in [0.25, 0.3) is 0 Å². The Morgan fingerprint density at radius 1 is 0.883 bits per heavy atom. The number of alkyl carbamates (subject to hydrolysis) is 2. The summed E-state index contributed by atoms with van der Waals surface area (Å²) in [6.07, 6.45) is 1.81. The van der Waals surface area contributed by atoms with Crippen molar-refractivity contribution in [1.82, 2.24) is 30.4 Å². The van der Waals surface area contributed by atoms with Gasteiger partial charge in [-0.1, -0.05) is 53.7 Å². The van der Waals surface area contributed by atoms with Gasteiger partial charge in [-0.15, -0.1) is 22.7 Å². The number of aromatic nitrogens is 2. The summed E-state index contributed by atoms with van der Waals surface area (Å²) in [5.41, 5.74) is 3.67. The number of amides is 6. The van der Waals surface area contributed by atoms with Crippen LogP contribution < -0.4 is 26.2 Å². The Kier molecular flexibility index (Phi) is 15.5. The lowest BCUT2D eigenvalue weighted by Gasteiger charge is -2.32. The topological polar surface area (TPSA) is 204 Å². The minimum atomic E-state index is -0.858. The molecule has 6 amide bonds. The lowest BCUT2D eigenvalue weighted by molar-refractivity contribution is -0.137. The van der Waals surface area contributed by atoms with Gasteiger partial charge in [-0.25, -0.2) is 19.6 Å². The van der Waals surface area contributed by atoms with Crippen LogP contribution in [0.5, 0.6) is 0 Å². The van der Waals surface area contributed by atoms with E-state index < -0.39 is 30.2 Å². The number of anilines is 3. The zero-order valence-electron chi connectivity index (χ0n) is 35.5. The molecule has 0 spiro atoms. The first-order valence-electron chi connectivity index (χ1n) is 20.2. The highest BCUT2D eigenvalue weighted by atomic mass is 32.1. The van der Waals surface area contributed by atoms with Gasteiger partial charge < -0.3 is 45.4 Å². The van der Waals surface area contributed by atoms with Crippen LogP contribution >= 0.6 is 22.7 Å². The number of benzene rings is 1. The predicted octanol–water partition coefficient (Wildman–Crippen LogP) is 5.82. The van der Waals surface area contributed by atoms with Crippen LogP contribution in [0.1, 0.15) is 103 Å². The lowest BCUT2D eigenvalue weighted by Crippen LogP contribution is -2.52. The van der Waals surface area contributed by atoms with Gasteiger partial charge >= 0.3 is 12.2 Å². The molecule has 2 aliphatic rings. The van der Waals surface area contributed by atoms with Crippen molar-refractivity contribution in [3.8, 4) is 0 Å². The first-order chi connectivity index (χ1) is 28.5. The SMILES string of the molecule is CCCN(CC(=O)Nc1nc(C2CCC(c3csc(NC(=O)[C@@H]4CCCN4C(=O)CNC(=O)OC)n3)N2c2ccc(C(C)(C)C)cc2)cs1)C(=O)[C@@H](NC(=O)OC)C(C)C. The molecule has 2 aliphatic heterocycles. The molecule has 0 bridgehead atoms. The summed E-state index contributed by atoms with van der Waals surface area (Å²) in [5.74, 6) is -1.72. The summed E-state index contributed by atoms with van der Waals surface area (Å²) >= 11 is 2.62. The molecule has 326 valence electrons. The standard InChI is InChI=1S/C41H57N9O8S2/c1-9-18-48(36(54)34(24(2)3)46-40(56)58-8)21-32(51)45-37-43-27(22-59-37)29-16-17-30(50(29)26-14-12-25(13-15-26)41(4,5)6)28-23-60-38(44-28)47-35(53)31-11-10-19-49(31)33(52)20-42-39(55)57-7/h12-15,22-24,29-31,34H,9-11,16-21H2,1-8H3,(H,42,55)(H,46,56)(H,43,45,51)(H,44,47,53)/t29?,30?,31-,34-/m0/s1. The van der Waals surface area contributed by atoms with Crippen LogP contribution in [0.3, 0.4) is 0 Å². The zero-order valence-corrected chi connectivity index (χ0v) is 37.2. The van der Waals surface area contributed by atoms with E-state index in [9.17, 15) is 28.8 Å². The van der Waals surface area contributed by atoms with E-state index >= 15 is 0 Å². The molecule has 1 aromatic carbocycles.